The Balaban J connectivity index is 1.25. The van der Waals surface area contributed by atoms with Gasteiger partial charge < -0.3 is 4.90 Å². The van der Waals surface area contributed by atoms with Gasteiger partial charge in [0.25, 0.3) is 0 Å². The Labute approximate surface area is 237 Å². The molecule has 0 N–H and O–H groups in total. The van der Waals surface area contributed by atoms with E-state index in [1.54, 1.807) is 0 Å². The maximum absolute atomic E-state index is 2.38. The van der Waals surface area contributed by atoms with Gasteiger partial charge in [0.15, 0.2) is 0 Å². The molecule has 8 aromatic rings. The van der Waals surface area contributed by atoms with Crippen molar-refractivity contribution in [3.8, 4) is 11.1 Å². The van der Waals surface area contributed by atoms with Crippen LogP contribution in [0.1, 0.15) is 0 Å². The average molecular weight is 528 g/mol. The molecule has 0 aliphatic heterocycles. The summed E-state index contributed by atoms with van der Waals surface area (Å²) in [5, 5.41) is 7.89. The second kappa shape index (κ2) is 9.37. The van der Waals surface area contributed by atoms with E-state index >= 15 is 0 Å². The van der Waals surface area contributed by atoms with Crippen LogP contribution in [0, 0.1) is 0 Å². The molecule has 1 aromatic heterocycles. The van der Waals surface area contributed by atoms with E-state index in [9.17, 15) is 0 Å². The van der Waals surface area contributed by atoms with Crippen LogP contribution in [-0.4, -0.2) is 0 Å². The second-order valence-electron chi connectivity index (χ2n) is 10.2. The zero-order chi connectivity index (χ0) is 26.5. The summed E-state index contributed by atoms with van der Waals surface area (Å²) in [4.78, 5) is 2.32. The van der Waals surface area contributed by atoms with Crippen molar-refractivity contribution in [2.75, 3.05) is 4.90 Å². The van der Waals surface area contributed by atoms with E-state index in [0.29, 0.717) is 0 Å². The first-order valence-corrected chi connectivity index (χ1v) is 14.4. The standard InChI is InChI=1S/C38H25NS/c1-3-12-30(13-4-1)39(31-14-5-2-6-15-31)32-16-9-11-27(22-32)28-20-21-34-36-23-29-19-18-26-10-7-8-17-33(26)35(29)25-38(36)40-37(34)24-28/h1-25H. The molecule has 0 unspecified atom stereocenters. The molecule has 0 aliphatic rings. The van der Waals surface area contributed by atoms with Crippen molar-refractivity contribution < 1.29 is 0 Å². The third kappa shape index (κ3) is 3.85. The number of rotatable bonds is 4. The van der Waals surface area contributed by atoms with Crippen molar-refractivity contribution in [1.82, 2.24) is 0 Å². The van der Waals surface area contributed by atoms with Gasteiger partial charge in [0.1, 0.15) is 0 Å². The van der Waals surface area contributed by atoms with E-state index in [1.165, 1.54) is 52.8 Å². The molecule has 0 fully saturated rings. The molecule has 0 bridgehead atoms. The van der Waals surface area contributed by atoms with Crippen LogP contribution in [0.15, 0.2) is 152 Å². The van der Waals surface area contributed by atoms with Gasteiger partial charge in [0.05, 0.1) is 0 Å². The largest absolute Gasteiger partial charge is 0.310 e. The van der Waals surface area contributed by atoms with Gasteiger partial charge in [-0.05, 0) is 87.3 Å². The Kier molecular flexibility index (Phi) is 5.39. The average Bonchev–Trinajstić information content (AvgIpc) is 3.38. The van der Waals surface area contributed by atoms with Crippen molar-refractivity contribution in [1.29, 1.82) is 0 Å². The number of fused-ring (bicyclic) bond motifs is 6. The maximum Gasteiger partial charge on any atom is 0.0467 e. The van der Waals surface area contributed by atoms with E-state index in [4.69, 9.17) is 0 Å². The second-order valence-corrected chi connectivity index (χ2v) is 11.3. The minimum atomic E-state index is 1.14. The fraction of sp³-hybridized carbons (Fsp3) is 0. The van der Waals surface area contributed by atoms with Crippen molar-refractivity contribution in [3.05, 3.63) is 152 Å². The highest BCUT2D eigenvalue weighted by molar-refractivity contribution is 7.25. The van der Waals surface area contributed by atoms with Crippen molar-refractivity contribution >= 4 is 70.1 Å². The van der Waals surface area contributed by atoms with E-state index < -0.39 is 0 Å². The number of hydrogen-bond donors (Lipinski definition) is 0. The minimum absolute atomic E-state index is 1.14. The topological polar surface area (TPSA) is 3.24 Å². The number of benzene rings is 7. The zero-order valence-electron chi connectivity index (χ0n) is 21.8. The van der Waals surface area contributed by atoms with Crippen LogP contribution in [0.2, 0.25) is 0 Å². The lowest BCUT2D eigenvalue weighted by atomic mass is 9.99. The van der Waals surface area contributed by atoms with Crippen LogP contribution in [0.4, 0.5) is 17.1 Å². The Bertz CT molecular complexity index is 2120. The Morgan fingerprint density at radius 2 is 1.00 bits per heavy atom. The normalized spacial score (nSPS) is 11.5. The van der Waals surface area contributed by atoms with Crippen molar-refractivity contribution in [2.45, 2.75) is 0 Å². The van der Waals surface area contributed by atoms with E-state index in [0.717, 1.165) is 17.1 Å². The van der Waals surface area contributed by atoms with Gasteiger partial charge >= 0.3 is 0 Å². The first-order chi connectivity index (χ1) is 19.8. The number of anilines is 3. The monoisotopic (exact) mass is 527 g/mol. The highest BCUT2D eigenvalue weighted by Crippen LogP contribution is 2.41. The molecule has 188 valence electrons. The Hall–Kier alpha value is -4.92. The fourth-order valence-corrected chi connectivity index (χ4v) is 7.05. The third-order valence-corrected chi connectivity index (χ3v) is 8.92. The SMILES string of the molecule is c1ccc(N(c2ccccc2)c2cccc(-c3ccc4c(c3)sc3cc5c(ccc6ccccc65)cc34)c2)cc1. The molecule has 1 nitrogen and oxygen atoms in total. The fourth-order valence-electron chi connectivity index (χ4n) is 5.88. The summed E-state index contributed by atoms with van der Waals surface area (Å²) < 4.78 is 2.66. The Morgan fingerprint density at radius 1 is 0.350 bits per heavy atom. The summed E-state index contributed by atoms with van der Waals surface area (Å²) >= 11 is 1.89. The molecule has 0 saturated heterocycles. The van der Waals surface area contributed by atoms with Crippen LogP contribution in [0.5, 0.6) is 0 Å². The Morgan fingerprint density at radius 3 is 1.80 bits per heavy atom. The highest BCUT2D eigenvalue weighted by Gasteiger charge is 2.14. The van der Waals surface area contributed by atoms with Gasteiger partial charge in [-0.25, -0.2) is 0 Å². The summed E-state index contributed by atoms with van der Waals surface area (Å²) in [6.07, 6.45) is 0. The van der Waals surface area contributed by atoms with Gasteiger partial charge in [-0.3, -0.25) is 0 Å². The first kappa shape index (κ1) is 23.0. The lowest BCUT2D eigenvalue weighted by Crippen LogP contribution is -2.09. The van der Waals surface area contributed by atoms with Gasteiger partial charge in [-0.2, -0.15) is 0 Å². The highest BCUT2D eigenvalue weighted by atomic mass is 32.1. The van der Waals surface area contributed by atoms with Gasteiger partial charge in [-0.1, -0.05) is 97.1 Å². The summed E-state index contributed by atoms with van der Waals surface area (Å²) in [5.41, 5.74) is 5.88. The number of thiophene rings is 1. The van der Waals surface area contributed by atoms with E-state index in [-0.39, 0.29) is 0 Å². The van der Waals surface area contributed by atoms with Crippen LogP contribution in [0.3, 0.4) is 0 Å². The third-order valence-electron chi connectivity index (χ3n) is 7.80. The molecule has 2 heteroatoms. The molecule has 8 rings (SSSR count). The lowest BCUT2D eigenvalue weighted by molar-refractivity contribution is 1.28. The first-order valence-electron chi connectivity index (χ1n) is 13.6. The molecule has 0 atom stereocenters. The van der Waals surface area contributed by atoms with E-state index in [2.05, 4.69) is 157 Å². The van der Waals surface area contributed by atoms with Gasteiger partial charge in [-0.15, -0.1) is 11.3 Å². The smallest absolute Gasteiger partial charge is 0.0467 e. The molecule has 0 amide bonds. The van der Waals surface area contributed by atoms with Crippen molar-refractivity contribution in [2.24, 2.45) is 0 Å². The lowest BCUT2D eigenvalue weighted by Gasteiger charge is -2.25. The van der Waals surface area contributed by atoms with Crippen LogP contribution < -0.4 is 4.90 Å². The predicted molar refractivity (Wildman–Crippen MR) is 174 cm³/mol. The number of hydrogen-bond acceptors (Lipinski definition) is 2. The molecule has 0 saturated carbocycles. The van der Waals surface area contributed by atoms with Gasteiger partial charge in [0.2, 0.25) is 0 Å². The van der Waals surface area contributed by atoms with Crippen LogP contribution in [-0.2, 0) is 0 Å². The number of nitrogens with zero attached hydrogens (tertiary/aromatic N) is 1. The van der Waals surface area contributed by atoms with Crippen molar-refractivity contribution in [3.63, 3.8) is 0 Å². The molecule has 40 heavy (non-hydrogen) atoms. The maximum atomic E-state index is 2.38. The van der Waals surface area contributed by atoms with Crippen LogP contribution in [0.25, 0.3) is 52.8 Å². The predicted octanol–water partition coefficient (Wildman–Crippen LogP) is 11.5. The van der Waals surface area contributed by atoms with Crippen LogP contribution >= 0.6 is 11.3 Å². The van der Waals surface area contributed by atoms with Gasteiger partial charge in [0, 0.05) is 37.2 Å². The summed E-state index contributed by atoms with van der Waals surface area (Å²) in [5.74, 6) is 0. The molecular weight excluding hydrogens is 502 g/mol. The molecule has 1 heterocycles. The van der Waals surface area contributed by atoms with E-state index in [1.807, 2.05) is 11.3 Å². The summed E-state index contributed by atoms with van der Waals surface area (Å²) in [7, 11) is 0. The summed E-state index contributed by atoms with van der Waals surface area (Å²) in [6, 6.07) is 54.9. The summed E-state index contributed by atoms with van der Waals surface area (Å²) in [6.45, 7) is 0. The molecule has 0 aliphatic carbocycles. The molecule has 0 radical (unpaired) electrons. The molecule has 7 aromatic carbocycles. The number of para-hydroxylation sites is 2. The zero-order valence-corrected chi connectivity index (χ0v) is 22.6. The molecular formula is C38H25NS. The quantitative estimate of drug-likeness (QED) is 0.206. The molecule has 0 spiro atoms. The minimum Gasteiger partial charge on any atom is -0.310 e.